The van der Waals surface area contributed by atoms with E-state index in [4.69, 9.17) is 5.73 Å². The minimum atomic E-state index is 0.112. The zero-order valence-electron chi connectivity index (χ0n) is 13.4. The first-order valence-electron chi connectivity index (χ1n) is 8.07. The quantitative estimate of drug-likeness (QED) is 0.840. The van der Waals surface area contributed by atoms with Crippen LogP contribution in [0.1, 0.15) is 74.0 Å². The van der Waals surface area contributed by atoms with Crippen molar-refractivity contribution in [1.82, 2.24) is 0 Å². The maximum atomic E-state index is 11.8. The summed E-state index contributed by atoms with van der Waals surface area (Å²) in [4.78, 5) is 15.1. The molecule has 3 nitrogen and oxygen atoms in total. The van der Waals surface area contributed by atoms with Gasteiger partial charge >= 0.3 is 0 Å². The van der Waals surface area contributed by atoms with E-state index < -0.39 is 0 Å². The summed E-state index contributed by atoms with van der Waals surface area (Å²) in [6.07, 6.45) is 6.17. The van der Waals surface area contributed by atoms with Crippen LogP contribution in [-0.4, -0.2) is 18.9 Å². The molecule has 0 radical (unpaired) electrons. The SMILES string of the molecule is CC(=O)c1sc(N2CCCC(C)(C)CC2)c(C2CC2)c1N. The average Bonchev–Trinajstić information content (AvgIpc) is 3.18. The van der Waals surface area contributed by atoms with Crippen molar-refractivity contribution in [2.24, 2.45) is 5.41 Å². The molecule has 1 aliphatic heterocycles. The molecule has 0 aromatic carbocycles. The lowest BCUT2D eigenvalue weighted by atomic mass is 9.85. The first-order valence-corrected chi connectivity index (χ1v) is 8.89. The monoisotopic (exact) mass is 306 g/mol. The number of ketones is 1. The number of hydrogen-bond donors (Lipinski definition) is 1. The summed E-state index contributed by atoms with van der Waals surface area (Å²) < 4.78 is 0. The number of rotatable bonds is 3. The van der Waals surface area contributed by atoms with Crippen molar-refractivity contribution < 1.29 is 4.79 Å². The standard InChI is InChI=1S/C17H26N2OS/c1-11(20)15-14(18)13(12-5-6-12)16(21-15)19-9-4-7-17(2,3)8-10-19/h12H,4-10,18H2,1-3H3. The van der Waals surface area contributed by atoms with Crippen molar-refractivity contribution in [3.05, 3.63) is 10.4 Å². The van der Waals surface area contributed by atoms with Gasteiger partial charge in [-0.3, -0.25) is 4.79 Å². The first kappa shape index (κ1) is 14.9. The third kappa shape index (κ3) is 2.96. The van der Waals surface area contributed by atoms with Crippen LogP contribution in [0.2, 0.25) is 0 Å². The highest BCUT2D eigenvalue weighted by atomic mass is 32.1. The molecule has 1 aromatic rings. The molecule has 1 aromatic heterocycles. The van der Waals surface area contributed by atoms with Crippen LogP contribution in [0, 0.1) is 5.41 Å². The number of nitrogens with zero attached hydrogens (tertiary/aromatic N) is 1. The zero-order chi connectivity index (χ0) is 15.2. The number of carbonyl (C=O) groups is 1. The van der Waals surface area contributed by atoms with Crippen molar-refractivity contribution in [2.45, 2.75) is 58.8 Å². The van der Waals surface area contributed by atoms with E-state index in [9.17, 15) is 4.79 Å². The van der Waals surface area contributed by atoms with Crippen LogP contribution in [0.25, 0.3) is 0 Å². The fourth-order valence-corrected chi connectivity index (χ4v) is 4.59. The summed E-state index contributed by atoms with van der Waals surface area (Å²) in [5, 5.41) is 1.29. The van der Waals surface area contributed by atoms with Gasteiger partial charge in [0.1, 0.15) is 0 Å². The predicted molar refractivity (Wildman–Crippen MR) is 90.6 cm³/mol. The van der Waals surface area contributed by atoms with Gasteiger partial charge in [-0.05, 0) is 43.4 Å². The van der Waals surface area contributed by atoms with Crippen molar-refractivity contribution in [3.8, 4) is 0 Å². The van der Waals surface area contributed by atoms with Gasteiger partial charge in [0, 0.05) is 25.6 Å². The van der Waals surface area contributed by atoms with Gasteiger partial charge in [-0.25, -0.2) is 0 Å². The summed E-state index contributed by atoms with van der Waals surface area (Å²) in [5.74, 6) is 0.710. The molecule has 4 heteroatoms. The van der Waals surface area contributed by atoms with Crippen LogP contribution in [0.3, 0.4) is 0 Å². The van der Waals surface area contributed by atoms with Crippen LogP contribution in [0.5, 0.6) is 0 Å². The van der Waals surface area contributed by atoms with Gasteiger partial charge in [0.05, 0.1) is 15.6 Å². The molecule has 0 amide bonds. The van der Waals surface area contributed by atoms with Gasteiger partial charge in [0.2, 0.25) is 0 Å². The van der Waals surface area contributed by atoms with E-state index in [-0.39, 0.29) is 5.78 Å². The Hall–Kier alpha value is -1.03. The Labute approximate surface area is 131 Å². The lowest BCUT2D eigenvalue weighted by Crippen LogP contribution is -2.25. The van der Waals surface area contributed by atoms with E-state index in [0.29, 0.717) is 11.3 Å². The lowest BCUT2D eigenvalue weighted by molar-refractivity contribution is 0.102. The molecule has 0 bridgehead atoms. The highest BCUT2D eigenvalue weighted by molar-refractivity contribution is 7.18. The van der Waals surface area contributed by atoms with Crippen molar-refractivity contribution >= 4 is 27.8 Å². The van der Waals surface area contributed by atoms with E-state index in [2.05, 4.69) is 18.7 Å². The molecule has 2 fully saturated rings. The Balaban J connectivity index is 1.94. The number of hydrogen-bond acceptors (Lipinski definition) is 4. The minimum Gasteiger partial charge on any atom is -0.397 e. The smallest absolute Gasteiger partial charge is 0.171 e. The Morgan fingerprint density at radius 2 is 2.00 bits per heavy atom. The third-order valence-electron chi connectivity index (χ3n) is 4.90. The van der Waals surface area contributed by atoms with Gasteiger partial charge in [-0.2, -0.15) is 0 Å². The molecule has 1 saturated heterocycles. The molecule has 0 unspecified atom stereocenters. The van der Waals surface area contributed by atoms with Gasteiger partial charge in [0.15, 0.2) is 5.78 Å². The number of carbonyl (C=O) groups excluding carboxylic acids is 1. The summed E-state index contributed by atoms with van der Waals surface area (Å²) in [7, 11) is 0. The van der Waals surface area contributed by atoms with E-state index in [1.807, 2.05) is 0 Å². The van der Waals surface area contributed by atoms with E-state index in [0.717, 1.165) is 23.7 Å². The molecule has 0 spiro atoms. The largest absolute Gasteiger partial charge is 0.397 e. The number of nitrogens with two attached hydrogens (primary N) is 1. The highest BCUT2D eigenvalue weighted by Crippen LogP contribution is 2.52. The van der Waals surface area contributed by atoms with E-state index >= 15 is 0 Å². The molecule has 1 aliphatic carbocycles. The number of nitrogen functional groups attached to an aromatic ring is 1. The minimum absolute atomic E-state index is 0.112. The van der Waals surface area contributed by atoms with Gasteiger partial charge in [0.25, 0.3) is 0 Å². The second kappa shape index (κ2) is 5.31. The number of Topliss-reactive ketones (excluding diaryl/α,β-unsaturated/α-hetero) is 1. The summed E-state index contributed by atoms with van der Waals surface area (Å²) in [6.45, 7) is 8.54. The third-order valence-corrected chi connectivity index (χ3v) is 6.28. The van der Waals surface area contributed by atoms with Crippen molar-refractivity contribution in [1.29, 1.82) is 0 Å². The van der Waals surface area contributed by atoms with Crippen LogP contribution < -0.4 is 10.6 Å². The lowest BCUT2D eigenvalue weighted by Gasteiger charge is -2.25. The number of anilines is 2. The topological polar surface area (TPSA) is 46.3 Å². The Morgan fingerprint density at radius 3 is 2.62 bits per heavy atom. The molecule has 2 N–H and O–H groups in total. The molecular weight excluding hydrogens is 280 g/mol. The van der Waals surface area contributed by atoms with Crippen LogP contribution in [-0.2, 0) is 0 Å². The molecular formula is C17H26N2OS. The zero-order valence-corrected chi connectivity index (χ0v) is 14.2. The molecule has 116 valence electrons. The second-order valence-electron chi connectivity index (χ2n) is 7.40. The molecule has 21 heavy (non-hydrogen) atoms. The Kier molecular flexibility index (Phi) is 3.76. The van der Waals surface area contributed by atoms with E-state index in [1.54, 1.807) is 18.3 Å². The fraction of sp³-hybridized carbons (Fsp3) is 0.706. The summed E-state index contributed by atoms with van der Waals surface area (Å²) >= 11 is 1.63. The van der Waals surface area contributed by atoms with Gasteiger partial charge in [-0.15, -0.1) is 11.3 Å². The van der Waals surface area contributed by atoms with Crippen LogP contribution >= 0.6 is 11.3 Å². The van der Waals surface area contributed by atoms with Crippen LogP contribution in [0.15, 0.2) is 0 Å². The normalized spacial score (nSPS) is 22.1. The summed E-state index contributed by atoms with van der Waals surface area (Å²) in [5.41, 5.74) is 8.79. The van der Waals surface area contributed by atoms with Gasteiger partial charge in [-0.1, -0.05) is 13.8 Å². The van der Waals surface area contributed by atoms with Crippen molar-refractivity contribution in [3.63, 3.8) is 0 Å². The van der Waals surface area contributed by atoms with Gasteiger partial charge < -0.3 is 10.6 Å². The predicted octanol–water partition coefficient (Wildman–Crippen LogP) is 4.43. The Bertz CT molecular complexity index is 557. The fourth-order valence-electron chi connectivity index (χ4n) is 3.33. The molecule has 1 saturated carbocycles. The maximum Gasteiger partial charge on any atom is 0.171 e. The molecule has 2 heterocycles. The molecule has 0 atom stereocenters. The second-order valence-corrected chi connectivity index (χ2v) is 8.40. The van der Waals surface area contributed by atoms with Crippen LogP contribution in [0.4, 0.5) is 10.7 Å². The van der Waals surface area contributed by atoms with E-state index in [1.165, 1.54) is 42.7 Å². The average molecular weight is 306 g/mol. The highest BCUT2D eigenvalue weighted by Gasteiger charge is 2.35. The maximum absolute atomic E-state index is 11.8. The molecule has 3 rings (SSSR count). The van der Waals surface area contributed by atoms with Crippen molar-refractivity contribution in [2.75, 3.05) is 23.7 Å². The molecule has 2 aliphatic rings. The summed E-state index contributed by atoms with van der Waals surface area (Å²) in [6, 6.07) is 0. The first-order chi connectivity index (χ1) is 9.89. The Morgan fingerprint density at radius 1 is 1.29 bits per heavy atom. The number of thiophene rings is 1.